The van der Waals surface area contributed by atoms with Gasteiger partial charge in [0.25, 0.3) is 0 Å². The first-order valence-corrected chi connectivity index (χ1v) is 5.89. The molecule has 0 saturated carbocycles. The third-order valence-electron chi connectivity index (χ3n) is 2.89. The van der Waals surface area contributed by atoms with Crippen LogP contribution in [0.15, 0.2) is 18.2 Å². The Labute approximate surface area is 110 Å². The number of para-hydroxylation sites is 1. The Morgan fingerprint density at radius 3 is 2.84 bits per heavy atom. The number of anilines is 3. The van der Waals surface area contributed by atoms with Crippen LogP contribution in [0, 0.1) is 0 Å². The van der Waals surface area contributed by atoms with Crippen molar-refractivity contribution >= 4 is 17.6 Å². The highest BCUT2D eigenvalue weighted by molar-refractivity contribution is 5.68. The van der Waals surface area contributed by atoms with Crippen LogP contribution in [0.2, 0.25) is 0 Å². The van der Waals surface area contributed by atoms with Gasteiger partial charge in [0.1, 0.15) is 0 Å². The summed E-state index contributed by atoms with van der Waals surface area (Å²) in [5, 5.41) is 11.4. The maximum absolute atomic E-state index is 5.44. The molecule has 0 amide bonds. The number of ether oxygens (including phenoxy) is 2. The zero-order chi connectivity index (χ0) is 13.4. The van der Waals surface area contributed by atoms with Gasteiger partial charge in [-0.25, -0.2) is 0 Å². The Bertz CT molecular complexity index is 608. The Morgan fingerprint density at radius 1 is 1.26 bits per heavy atom. The molecule has 2 heterocycles. The van der Waals surface area contributed by atoms with Crippen molar-refractivity contribution in [3.63, 3.8) is 0 Å². The molecule has 0 fully saturated rings. The van der Waals surface area contributed by atoms with Crippen LogP contribution in [0.4, 0.5) is 17.6 Å². The molecule has 0 atom stereocenters. The molecule has 0 aliphatic carbocycles. The van der Waals surface area contributed by atoms with Crippen molar-refractivity contribution in [1.82, 2.24) is 14.8 Å². The Morgan fingerprint density at radius 2 is 2.11 bits per heavy atom. The number of nitrogens with one attached hydrogen (secondary N) is 1. The fourth-order valence-corrected chi connectivity index (χ4v) is 1.97. The lowest BCUT2D eigenvalue weighted by Gasteiger charge is -2.12. The predicted octanol–water partition coefficient (Wildman–Crippen LogP) is 1.35. The fraction of sp³-hybridized carbons (Fsp3) is 0.333. The number of hydrogen-bond donors (Lipinski definition) is 1. The van der Waals surface area contributed by atoms with E-state index in [1.807, 2.05) is 48.8 Å². The van der Waals surface area contributed by atoms with Crippen LogP contribution in [-0.2, 0) is 7.05 Å². The molecule has 7 nitrogen and oxygen atoms in total. The molecule has 1 N–H and O–H groups in total. The normalized spacial score (nSPS) is 12.6. The quantitative estimate of drug-likeness (QED) is 0.899. The molecular formula is C12H15N5O2. The number of aromatic nitrogens is 3. The standard InChI is InChI=1S/C12H15N5O2/c1-16(2)12-15-14-11(17(12)3)13-8-5-4-6-9-10(8)19-7-18-9/h4-6H,7H2,1-3H3,(H,13,14). The monoisotopic (exact) mass is 261 g/mol. The second kappa shape index (κ2) is 4.34. The van der Waals surface area contributed by atoms with E-state index < -0.39 is 0 Å². The number of fused-ring (bicyclic) bond motifs is 1. The zero-order valence-corrected chi connectivity index (χ0v) is 11.0. The van der Waals surface area contributed by atoms with E-state index in [9.17, 15) is 0 Å². The SMILES string of the molecule is CN(C)c1nnc(Nc2cccc3c2OCO3)n1C. The van der Waals surface area contributed by atoms with Gasteiger partial charge in [-0.15, -0.1) is 10.2 Å². The summed E-state index contributed by atoms with van der Waals surface area (Å²) in [6.07, 6.45) is 0. The van der Waals surface area contributed by atoms with Gasteiger partial charge in [0.05, 0.1) is 5.69 Å². The van der Waals surface area contributed by atoms with E-state index in [-0.39, 0.29) is 6.79 Å². The molecule has 19 heavy (non-hydrogen) atoms. The van der Waals surface area contributed by atoms with E-state index in [1.165, 1.54) is 0 Å². The summed E-state index contributed by atoms with van der Waals surface area (Å²) in [6.45, 7) is 0.246. The molecule has 1 aromatic carbocycles. The van der Waals surface area contributed by atoms with Crippen molar-refractivity contribution in [2.45, 2.75) is 0 Å². The summed E-state index contributed by atoms with van der Waals surface area (Å²) in [4.78, 5) is 1.90. The number of benzene rings is 1. The van der Waals surface area contributed by atoms with Gasteiger partial charge in [-0.2, -0.15) is 0 Å². The molecule has 2 aromatic rings. The topological polar surface area (TPSA) is 64.4 Å². The van der Waals surface area contributed by atoms with Gasteiger partial charge in [-0.05, 0) is 12.1 Å². The van der Waals surface area contributed by atoms with Gasteiger partial charge in [0.2, 0.25) is 18.7 Å². The van der Waals surface area contributed by atoms with E-state index >= 15 is 0 Å². The third-order valence-corrected chi connectivity index (χ3v) is 2.89. The summed E-state index contributed by atoms with van der Waals surface area (Å²) in [7, 11) is 5.74. The first-order valence-electron chi connectivity index (χ1n) is 5.89. The number of hydrogen-bond acceptors (Lipinski definition) is 6. The van der Waals surface area contributed by atoms with Crippen LogP contribution in [0.1, 0.15) is 0 Å². The number of nitrogens with zero attached hydrogens (tertiary/aromatic N) is 4. The Kier molecular flexibility index (Phi) is 2.66. The zero-order valence-electron chi connectivity index (χ0n) is 11.0. The van der Waals surface area contributed by atoms with Crippen LogP contribution < -0.4 is 19.7 Å². The molecule has 7 heteroatoms. The highest BCUT2D eigenvalue weighted by Gasteiger charge is 2.19. The Hall–Kier alpha value is -2.44. The van der Waals surface area contributed by atoms with Crippen molar-refractivity contribution in [2.75, 3.05) is 31.1 Å². The average Bonchev–Trinajstić information content (AvgIpc) is 2.97. The van der Waals surface area contributed by atoms with E-state index in [0.29, 0.717) is 11.7 Å². The second-order valence-corrected chi connectivity index (χ2v) is 4.44. The minimum atomic E-state index is 0.246. The van der Waals surface area contributed by atoms with Crippen molar-refractivity contribution < 1.29 is 9.47 Å². The molecule has 0 spiro atoms. The molecule has 100 valence electrons. The van der Waals surface area contributed by atoms with Crippen molar-refractivity contribution in [3.8, 4) is 11.5 Å². The molecule has 0 bridgehead atoms. The summed E-state index contributed by atoms with van der Waals surface area (Å²) in [5.74, 6) is 2.86. The molecule has 3 rings (SSSR count). The number of rotatable bonds is 3. The first kappa shape index (κ1) is 11.6. The maximum Gasteiger partial charge on any atom is 0.231 e. The average molecular weight is 261 g/mol. The van der Waals surface area contributed by atoms with Gasteiger partial charge >= 0.3 is 0 Å². The summed E-state index contributed by atoms with van der Waals surface area (Å²) in [5.41, 5.74) is 0.816. The minimum Gasteiger partial charge on any atom is -0.454 e. The predicted molar refractivity (Wildman–Crippen MR) is 71.2 cm³/mol. The summed E-state index contributed by atoms with van der Waals surface area (Å²) < 4.78 is 12.7. The molecule has 1 aliphatic rings. The maximum atomic E-state index is 5.44. The fourth-order valence-electron chi connectivity index (χ4n) is 1.97. The first-order chi connectivity index (χ1) is 9.16. The van der Waals surface area contributed by atoms with E-state index in [4.69, 9.17) is 9.47 Å². The smallest absolute Gasteiger partial charge is 0.231 e. The van der Waals surface area contributed by atoms with E-state index in [1.54, 1.807) is 0 Å². The van der Waals surface area contributed by atoms with Gasteiger partial charge in [0, 0.05) is 21.1 Å². The summed E-state index contributed by atoms with van der Waals surface area (Å²) in [6, 6.07) is 5.69. The van der Waals surface area contributed by atoms with Gasteiger partial charge in [-0.1, -0.05) is 6.07 Å². The third kappa shape index (κ3) is 1.92. The lowest BCUT2D eigenvalue weighted by atomic mass is 10.3. The van der Waals surface area contributed by atoms with Gasteiger partial charge in [-0.3, -0.25) is 4.57 Å². The van der Waals surface area contributed by atoms with E-state index in [2.05, 4.69) is 15.5 Å². The molecular weight excluding hydrogens is 246 g/mol. The largest absolute Gasteiger partial charge is 0.454 e. The highest BCUT2D eigenvalue weighted by Crippen LogP contribution is 2.39. The van der Waals surface area contributed by atoms with Crippen molar-refractivity contribution in [2.24, 2.45) is 7.05 Å². The van der Waals surface area contributed by atoms with Crippen LogP contribution in [0.3, 0.4) is 0 Å². The molecule has 0 unspecified atom stereocenters. The molecule has 0 saturated heterocycles. The Balaban J connectivity index is 1.92. The molecule has 1 aliphatic heterocycles. The van der Waals surface area contributed by atoms with Gasteiger partial charge < -0.3 is 19.7 Å². The lowest BCUT2D eigenvalue weighted by Crippen LogP contribution is -2.14. The van der Waals surface area contributed by atoms with Crippen LogP contribution in [0.25, 0.3) is 0 Å². The lowest BCUT2D eigenvalue weighted by molar-refractivity contribution is 0.174. The summed E-state index contributed by atoms with van der Waals surface area (Å²) >= 11 is 0. The van der Waals surface area contributed by atoms with Crippen molar-refractivity contribution in [1.29, 1.82) is 0 Å². The van der Waals surface area contributed by atoms with E-state index in [0.717, 1.165) is 17.4 Å². The van der Waals surface area contributed by atoms with Crippen LogP contribution >= 0.6 is 0 Å². The van der Waals surface area contributed by atoms with Crippen LogP contribution in [-0.4, -0.2) is 35.7 Å². The second-order valence-electron chi connectivity index (χ2n) is 4.44. The van der Waals surface area contributed by atoms with Crippen LogP contribution in [0.5, 0.6) is 11.5 Å². The minimum absolute atomic E-state index is 0.246. The highest BCUT2D eigenvalue weighted by atomic mass is 16.7. The van der Waals surface area contributed by atoms with Gasteiger partial charge in [0.15, 0.2) is 11.5 Å². The van der Waals surface area contributed by atoms with Crippen molar-refractivity contribution in [3.05, 3.63) is 18.2 Å². The molecule has 0 radical (unpaired) electrons. The molecule has 1 aromatic heterocycles.